The number of carbonyl (C=O) groups excluding carboxylic acids is 1. The van der Waals surface area contributed by atoms with Crippen LogP contribution in [0.2, 0.25) is 0 Å². The molecular formula is C22H25N5O3. The van der Waals surface area contributed by atoms with E-state index in [1.807, 2.05) is 44.3 Å². The molecule has 0 spiro atoms. The first-order valence-corrected chi connectivity index (χ1v) is 9.93. The fraction of sp³-hybridized carbons (Fsp3) is 0.318. The quantitative estimate of drug-likeness (QED) is 0.492. The molecule has 0 saturated heterocycles. The summed E-state index contributed by atoms with van der Waals surface area (Å²) in [6, 6.07) is 9.47. The average Bonchev–Trinajstić information content (AvgIpc) is 3.30. The van der Waals surface area contributed by atoms with Gasteiger partial charge in [0.1, 0.15) is 5.75 Å². The summed E-state index contributed by atoms with van der Waals surface area (Å²) in [7, 11) is 1.66. The fourth-order valence-electron chi connectivity index (χ4n) is 3.86. The first-order valence-electron chi connectivity index (χ1n) is 9.93. The van der Waals surface area contributed by atoms with Crippen molar-refractivity contribution >= 4 is 22.5 Å². The molecule has 4 rings (SSSR count). The van der Waals surface area contributed by atoms with Crippen molar-refractivity contribution < 1.29 is 9.53 Å². The summed E-state index contributed by atoms with van der Waals surface area (Å²) >= 11 is 0. The maximum atomic E-state index is 12.4. The van der Waals surface area contributed by atoms with E-state index in [9.17, 15) is 9.59 Å². The van der Waals surface area contributed by atoms with E-state index in [1.54, 1.807) is 11.6 Å². The monoisotopic (exact) mass is 407 g/mol. The van der Waals surface area contributed by atoms with Gasteiger partial charge in [0, 0.05) is 54.1 Å². The molecule has 3 aromatic heterocycles. The number of nitrogens with one attached hydrogen (secondary N) is 2. The largest absolute Gasteiger partial charge is 0.497 e. The van der Waals surface area contributed by atoms with E-state index in [4.69, 9.17) is 4.74 Å². The minimum atomic E-state index is -0.184. The smallest absolute Gasteiger partial charge is 0.266 e. The third-order valence-electron chi connectivity index (χ3n) is 5.46. The number of carbonyl (C=O) groups is 1. The zero-order valence-corrected chi connectivity index (χ0v) is 17.4. The van der Waals surface area contributed by atoms with Crippen LogP contribution in [0.5, 0.6) is 5.75 Å². The molecule has 4 aromatic rings. The van der Waals surface area contributed by atoms with Gasteiger partial charge < -0.3 is 14.6 Å². The lowest BCUT2D eigenvalue weighted by atomic mass is 10.1. The van der Waals surface area contributed by atoms with Crippen LogP contribution in [-0.2, 0) is 17.8 Å². The van der Waals surface area contributed by atoms with Gasteiger partial charge in [0.25, 0.3) is 5.56 Å². The van der Waals surface area contributed by atoms with Gasteiger partial charge in [-0.1, -0.05) is 0 Å². The molecule has 30 heavy (non-hydrogen) atoms. The van der Waals surface area contributed by atoms with Crippen LogP contribution in [0.15, 0.2) is 41.3 Å². The van der Waals surface area contributed by atoms with Crippen molar-refractivity contribution in [1.82, 2.24) is 24.5 Å². The number of amides is 1. The number of rotatable bonds is 7. The molecule has 8 heteroatoms. The molecule has 0 saturated carbocycles. The summed E-state index contributed by atoms with van der Waals surface area (Å²) in [6.07, 6.45) is 2.95. The van der Waals surface area contributed by atoms with Crippen molar-refractivity contribution in [2.75, 3.05) is 13.7 Å². The Morgan fingerprint density at radius 2 is 2.07 bits per heavy atom. The van der Waals surface area contributed by atoms with E-state index >= 15 is 0 Å². The number of methoxy groups -OCH3 is 1. The highest BCUT2D eigenvalue weighted by Gasteiger charge is 2.12. The number of aromatic nitrogens is 4. The maximum absolute atomic E-state index is 12.4. The normalized spacial score (nSPS) is 11.3. The van der Waals surface area contributed by atoms with Crippen LogP contribution >= 0.6 is 0 Å². The molecule has 2 N–H and O–H groups in total. The van der Waals surface area contributed by atoms with Gasteiger partial charge in [-0.15, -0.1) is 0 Å². The Kier molecular flexibility index (Phi) is 5.31. The second-order valence-electron chi connectivity index (χ2n) is 7.36. The molecule has 156 valence electrons. The van der Waals surface area contributed by atoms with Gasteiger partial charge in [-0.25, -0.2) is 9.50 Å². The number of nitrogens with zero attached hydrogens (tertiary/aromatic N) is 3. The molecule has 0 aliphatic heterocycles. The summed E-state index contributed by atoms with van der Waals surface area (Å²) in [5.41, 5.74) is 4.25. The first-order chi connectivity index (χ1) is 14.5. The van der Waals surface area contributed by atoms with Crippen LogP contribution < -0.4 is 15.6 Å². The van der Waals surface area contributed by atoms with Crippen molar-refractivity contribution in [3.63, 3.8) is 0 Å². The van der Waals surface area contributed by atoms with Crippen molar-refractivity contribution in [3.8, 4) is 5.75 Å². The zero-order chi connectivity index (χ0) is 21.3. The number of fused-ring (bicyclic) bond motifs is 2. The predicted molar refractivity (Wildman–Crippen MR) is 115 cm³/mol. The molecule has 0 bridgehead atoms. The van der Waals surface area contributed by atoms with Crippen LogP contribution in [0.25, 0.3) is 16.6 Å². The number of aryl methyl sites for hydroxylation is 2. The number of hydrogen-bond donors (Lipinski definition) is 2. The standard InChI is InChI=1S/C22H25N5O3/c1-14-18(15(2)27-20(24-14)13-22(29)25-27)5-7-21(28)23-9-11-26-10-8-16-12-17(30-3)4-6-19(16)26/h4,6,8,10,12-13H,5,7,9,11H2,1-3H3,(H,23,28)(H,25,29). The molecule has 0 aliphatic rings. The Hall–Kier alpha value is -3.55. The fourth-order valence-corrected chi connectivity index (χ4v) is 3.86. The molecular weight excluding hydrogens is 382 g/mol. The van der Waals surface area contributed by atoms with Crippen LogP contribution in [0, 0.1) is 13.8 Å². The SMILES string of the molecule is COc1ccc2c(ccn2CCNC(=O)CCc2c(C)nc3cc(=O)[nH]n3c2C)c1. The molecule has 0 fully saturated rings. The number of H-pyrrole nitrogens is 1. The van der Waals surface area contributed by atoms with Crippen molar-refractivity contribution in [2.24, 2.45) is 0 Å². The Morgan fingerprint density at radius 3 is 2.87 bits per heavy atom. The Morgan fingerprint density at radius 1 is 1.23 bits per heavy atom. The third-order valence-corrected chi connectivity index (χ3v) is 5.46. The lowest BCUT2D eigenvalue weighted by Gasteiger charge is -2.12. The Balaban J connectivity index is 1.35. The van der Waals surface area contributed by atoms with Crippen molar-refractivity contribution in [1.29, 1.82) is 0 Å². The second-order valence-corrected chi connectivity index (χ2v) is 7.36. The molecule has 3 heterocycles. The van der Waals surface area contributed by atoms with Gasteiger partial charge >= 0.3 is 0 Å². The Bertz CT molecular complexity index is 1280. The minimum absolute atomic E-state index is 0.00646. The number of hydrogen-bond acceptors (Lipinski definition) is 4. The molecule has 1 amide bonds. The maximum Gasteiger partial charge on any atom is 0.266 e. The Labute approximate surface area is 173 Å². The molecule has 8 nitrogen and oxygen atoms in total. The molecule has 1 aromatic carbocycles. The number of benzene rings is 1. The topological polar surface area (TPSA) is 93.4 Å². The molecule has 0 aliphatic carbocycles. The van der Waals surface area contributed by atoms with E-state index in [0.29, 0.717) is 31.6 Å². The molecule has 0 unspecified atom stereocenters. The van der Waals surface area contributed by atoms with E-state index in [0.717, 1.165) is 33.6 Å². The highest BCUT2D eigenvalue weighted by Crippen LogP contribution is 2.21. The first kappa shape index (κ1) is 19.8. The third kappa shape index (κ3) is 3.80. The minimum Gasteiger partial charge on any atom is -0.497 e. The van der Waals surface area contributed by atoms with Crippen LogP contribution in [0.3, 0.4) is 0 Å². The summed E-state index contributed by atoms with van der Waals surface area (Å²) in [4.78, 5) is 28.4. The summed E-state index contributed by atoms with van der Waals surface area (Å²) in [6.45, 7) is 5.08. The van der Waals surface area contributed by atoms with Gasteiger partial charge in [0.05, 0.1) is 7.11 Å². The van der Waals surface area contributed by atoms with Gasteiger partial charge in [0.15, 0.2) is 5.65 Å². The number of aromatic amines is 1. The van der Waals surface area contributed by atoms with Gasteiger partial charge in [-0.2, -0.15) is 0 Å². The van der Waals surface area contributed by atoms with Crippen molar-refractivity contribution in [3.05, 3.63) is 63.8 Å². The van der Waals surface area contributed by atoms with Crippen LogP contribution in [0.1, 0.15) is 23.4 Å². The van der Waals surface area contributed by atoms with E-state index in [1.165, 1.54) is 6.07 Å². The molecule has 0 atom stereocenters. The summed E-state index contributed by atoms with van der Waals surface area (Å²) in [5, 5.41) is 6.84. The van der Waals surface area contributed by atoms with Gasteiger partial charge in [0.2, 0.25) is 5.91 Å². The van der Waals surface area contributed by atoms with Gasteiger partial charge in [-0.3, -0.25) is 14.7 Å². The summed E-state index contributed by atoms with van der Waals surface area (Å²) in [5.74, 6) is 0.823. The average molecular weight is 407 g/mol. The highest BCUT2D eigenvalue weighted by atomic mass is 16.5. The zero-order valence-electron chi connectivity index (χ0n) is 17.4. The van der Waals surface area contributed by atoms with Crippen LogP contribution in [0.4, 0.5) is 0 Å². The highest BCUT2D eigenvalue weighted by molar-refractivity contribution is 5.81. The van der Waals surface area contributed by atoms with Crippen molar-refractivity contribution in [2.45, 2.75) is 33.2 Å². The van der Waals surface area contributed by atoms with Gasteiger partial charge in [-0.05, 0) is 50.1 Å². The predicted octanol–water partition coefficient (Wildman–Crippen LogP) is 2.35. The lowest BCUT2D eigenvalue weighted by Crippen LogP contribution is -2.27. The summed E-state index contributed by atoms with van der Waals surface area (Å²) < 4.78 is 9.05. The number of ether oxygens (including phenoxy) is 1. The van der Waals surface area contributed by atoms with E-state index in [2.05, 4.69) is 20.0 Å². The van der Waals surface area contributed by atoms with Crippen LogP contribution in [-0.4, -0.2) is 38.7 Å². The second kappa shape index (κ2) is 8.06. The molecule has 0 radical (unpaired) electrons. The van der Waals surface area contributed by atoms with E-state index < -0.39 is 0 Å². The lowest BCUT2D eigenvalue weighted by molar-refractivity contribution is -0.121. The van der Waals surface area contributed by atoms with E-state index in [-0.39, 0.29) is 11.5 Å².